The normalized spacial score (nSPS) is 14.6. The van der Waals surface area contributed by atoms with E-state index in [2.05, 4.69) is 61.6 Å². The average molecular weight is 242 g/mol. The van der Waals surface area contributed by atoms with E-state index >= 15 is 0 Å². The molecular weight excluding hydrogens is 220 g/mol. The SMILES string of the molecule is CCC(N)CN[C@@H](C)c1ccc2ccccc2c1. The highest BCUT2D eigenvalue weighted by Gasteiger charge is 2.07. The van der Waals surface area contributed by atoms with Gasteiger partial charge in [-0.25, -0.2) is 0 Å². The van der Waals surface area contributed by atoms with Crippen LogP contribution in [0.25, 0.3) is 10.8 Å². The van der Waals surface area contributed by atoms with E-state index in [0.717, 1.165) is 13.0 Å². The number of nitrogens with two attached hydrogens (primary N) is 1. The van der Waals surface area contributed by atoms with Gasteiger partial charge in [0.2, 0.25) is 0 Å². The van der Waals surface area contributed by atoms with Gasteiger partial charge < -0.3 is 11.1 Å². The first-order valence-corrected chi connectivity index (χ1v) is 6.68. The molecule has 18 heavy (non-hydrogen) atoms. The Labute approximate surface area is 109 Å². The van der Waals surface area contributed by atoms with Gasteiger partial charge in [-0.2, -0.15) is 0 Å². The summed E-state index contributed by atoms with van der Waals surface area (Å²) in [7, 11) is 0. The van der Waals surface area contributed by atoms with E-state index in [-0.39, 0.29) is 6.04 Å². The van der Waals surface area contributed by atoms with Crippen LogP contribution in [-0.2, 0) is 0 Å². The van der Waals surface area contributed by atoms with Gasteiger partial charge in [0.25, 0.3) is 0 Å². The summed E-state index contributed by atoms with van der Waals surface area (Å²) in [5.74, 6) is 0. The van der Waals surface area contributed by atoms with E-state index in [1.807, 2.05) is 0 Å². The standard InChI is InChI=1S/C16H22N2/c1-3-16(17)11-18-12(2)14-9-8-13-6-4-5-7-15(13)10-14/h4-10,12,16,18H,3,11,17H2,1-2H3/t12-,16?/m0/s1. The Balaban J connectivity index is 2.10. The molecule has 0 aliphatic carbocycles. The van der Waals surface area contributed by atoms with Crippen molar-refractivity contribution in [1.29, 1.82) is 0 Å². The summed E-state index contributed by atoms with van der Waals surface area (Å²) < 4.78 is 0. The fourth-order valence-electron chi connectivity index (χ4n) is 2.07. The van der Waals surface area contributed by atoms with Crippen LogP contribution in [0.15, 0.2) is 42.5 Å². The molecule has 1 unspecified atom stereocenters. The molecule has 96 valence electrons. The molecule has 2 aromatic carbocycles. The molecule has 2 rings (SSSR count). The van der Waals surface area contributed by atoms with Gasteiger partial charge in [-0.05, 0) is 35.7 Å². The van der Waals surface area contributed by atoms with Crippen molar-refractivity contribution >= 4 is 10.8 Å². The van der Waals surface area contributed by atoms with Crippen LogP contribution in [0.2, 0.25) is 0 Å². The van der Waals surface area contributed by atoms with Crippen molar-refractivity contribution in [1.82, 2.24) is 5.32 Å². The summed E-state index contributed by atoms with van der Waals surface area (Å²) >= 11 is 0. The van der Waals surface area contributed by atoms with Crippen LogP contribution in [-0.4, -0.2) is 12.6 Å². The molecule has 0 saturated heterocycles. The van der Waals surface area contributed by atoms with Gasteiger partial charge in [0, 0.05) is 18.6 Å². The van der Waals surface area contributed by atoms with E-state index in [1.165, 1.54) is 16.3 Å². The maximum atomic E-state index is 5.93. The first-order chi connectivity index (χ1) is 8.70. The predicted molar refractivity (Wildman–Crippen MR) is 78.6 cm³/mol. The van der Waals surface area contributed by atoms with E-state index in [1.54, 1.807) is 0 Å². The highest BCUT2D eigenvalue weighted by atomic mass is 14.9. The van der Waals surface area contributed by atoms with Crippen LogP contribution in [0.3, 0.4) is 0 Å². The Kier molecular flexibility index (Phi) is 4.34. The third-order valence-electron chi connectivity index (χ3n) is 3.48. The minimum Gasteiger partial charge on any atom is -0.327 e. The second kappa shape index (κ2) is 5.98. The van der Waals surface area contributed by atoms with Gasteiger partial charge in [0.1, 0.15) is 0 Å². The number of hydrogen-bond donors (Lipinski definition) is 2. The van der Waals surface area contributed by atoms with Crippen molar-refractivity contribution in [2.75, 3.05) is 6.54 Å². The molecule has 2 aromatic rings. The molecule has 0 amide bonds. The molecule has 0 aromatic heterocycles. The predicted octanol–water partition coefficient (Wildman–Crippen LogP) is 3.23. The monoisotopic (exact) mass is 242 g/mol. The third-order valence-corrected chi connectivity index (χ3v) is 3.48. The zero-order valence-corrected chi connectivity index (χ0v) is 11.2. The highest BCUT2D eigenvalue weighted by Crippen LogP contribution is 2.20. The van der Waals surface area contributed by atoms with Gasteiger partial charge in [-0.3, -0.25) is 0 Å². The Morgan fingerprint density at radius 1 is 1.11 bits per heavy atom. The van der Waals surface area contributed by atoms with Gasteiger partial charge in [-0.15, -0.1) is 0 Å². The van der Waals surface area contributed by atoms with Crippen LogP contribution in [0.1, 0.15) is 31.9 Å². The molecular formula is C16H22N2. The molecule has 2 atom stereocenters. The minimum atomic E-state index is 0.243. The van der Waals surface area contributed by atoms with Crippen molar-refractivity contribution in [3.05, 3.63) is 48.0 Å². The first-order valence-electron chi connectivity index (χ1n) is 6.68. The Morgan fingerprint density at radius 3 is 2.56 bits per heavy atom. The molecule has 0 saturated carbocycles. The number of rotatable bonds is 5. The van der Waals surface area contributed by atoms with E-state index < -0.39 is 0 Å². The Morgan fingerprint density at radius 2 is 1.83 bits per heavy atom. The van der Waals surface area contributed by atoms with Crippen molar-refractivity contribution < 1.29 is 0 Å². The van der Waals surface area contributed by atoms with Crippen LogP contribution < -0.4 is 11.1 Å². The third kappa shape index (κ3) is 3.09. The van der Waals surface area contributed by atoms with Crippen molar-refractivity contribution in [3.63, 3.8) is 0 Å². The number of nitrogens with one attached hydrogen (secondary N) is 1. The summed E-state index contributed by atoms with van der Waals surface area (Å²) in [5.41, 5.74) is 7.24. The minimum absolute atomic E-state index is 0.243. The zero-order chi connectivity index (χ0) is 13.0. The smallest absolute Gasteiger partial charge is 0.0292 e. The molecule has 0 aliphatic heterocycles. The molecule has 0 heterocycles. The molecule has 2 nitrogen and oxygen atoms in total. The van der Waals surface area contributed by atoms with E-state index in [4.69, 9.17) is 5.73 Å². The van der Waals surface area contributed by atoms with Gasteiger partial charge in [0.05, 0.1) is 0 Å². The van der Waals surface area contributed by atoms with Gasteiger partial charge in [-0.1, -0.05) is 43.3 Å². The molecule has 0 bridgehead atoms. The zero-order valence-electron chi connectivity index (χ0n) is 11.2. The van der Waals surface area contributed by atoms with Gasteiger partial charge >= 0.3 is 0 Å². The number of fused-ring (bicyclic) bond motifs is 1. The second-order valence-electron chi connectivity index (χ2n) is 4.90. The summed E-state index contributed by atoms with van der Waals surface area (Å²) in [6.45, 7) is 5.17. The van der Waals surface area contributed by atoms with Crippen molar-refractivity contribution in [2.24, 2.45) is 5.73 Å². The maximum absolute atomic E-state index is 5.93. The fourth-order valence-corrected chi connectivity index (χ4v) is 2.07. The topological polar surface area (TPSA) is 38.0 Å². The Bertz CT molecular complexity index is 507. The van der Waals surface area contributed by atoms with E-state index in [0.29, 0.717) is 6.04 Å². The van der Waals surface area contributed by atoms with Crippen LogP contribution in [0.4, 0.5) is 0 Å². The maximum Gasteiger partial charge on any atom is 0.0292 e. The molecule has 0 fully saturated rings. The summed E-state index contributed by atoms with van der Waals surface area (Å²) in [5, 5.41) is 6.07. The van der Waals surface area contributed by atoms with Crippen LogP contribution in [0, 0.1) is 0 Å². The molecule has 2 heteroatoms. The quantitative estimate of drug-likeness (QED) is 0.844. The first kappa shape index (κ1) is 13.1. The highest BCUT2D eigenvalue weighted by molar-refractivity contribution is 5.83. The molecule has 0 spiro atoms. The van der Waals surface area contributed by atoms with Crippen LogP contribution in [0.5, 0.6) is 0 Å². The van der Waals surface area contributed by atoms with E-state index in [9.17, 15) is 0 Å². The average Bonchev–Trinajstić information content (AvgIpc) is 2.43. The molecule has 3 N–H and O–H groups in total. The van der Waals surface area contributed by atoms with Crippen molar-refractivity contribution in [3.8, 4) is 0 Å². The lowest BCUT2D eigenvalue weighted by Crippen LogP contribution is -2.34. The number of benzene rings is 2. The number of hydrogen-bond acceptors (Lipinski definition) is 2. The van der Waals surface area contributed by atoms with Crippen LogP contribution >= 0.6 is 0 Å². The second-order valence-corrected chi connectivity index (χ2v) is 4.90. The lowest BCUT2D eigenvalue weighted by atomic mass is 10.0. The molecule has 0 radical (unpaired) electrons. The van der Waals surface area contributed by atoms with Crippen molar-refractivity contribution in [2.45, 2.75) is 32.4 Å². The van der Waals surface area contributed by atoms with Gasteiger partial charge in [0.15, 0.2) is 0 Å². The molecule has 0 aliphatic rings. The summed E-state index contributed by atoms with van der Waals surface area (Å²) in [6.07, 6.45) is 1.01. The summed E-state index contributed by atoms with van der Waals surface area (Å²) in [6, 6.07) is 15.7. The lowest BCUT2D eigenvalue weighted by molar-refractivity contribution is 0.508. The lowest BCUT2D eigenvalue weighted by Gasteiger charge is -2.17. The fraction of sp³-hybridized carbons (Fsp3) is 0.375. The largest absolute Gasteiger partial charge is 0.327 e. The Hall–Kier alpha value is -1.38. The summed E-state index contributed by atoms with van der Waals surface area (Å²) in [4.78, 5) is 0.